The molecule has 10 heteroatoms. The van der Waals surface area contributed by atoms with Crippen LogP contribution in [0.1, 0.15) is 33.1 Å². The molecule has 0 aromatic carbocycles. The predicted molar refractivity (Wildman–Crippen MR) is 114 cm³/mol. The van der Waals surface area contributed by atoms with Gasteiger partial charge < -0.3 is 25.4 Å². The molecule has 0 saturated carbocycles. The highest BCUT2D eigenvalue weighted by atomic mass is 35.5. The van der Waals surface area contributed by atoms with Crippen molar-refractivity contribution >= 4 is 41.7 Å². The molecule has 2 fully saturated rings. The van der Waals surface area contributed by atoms with Crippen molar-refractivity contribution < 1.29 is 24.9 Å². The first-order valence-corrected chi connectivity index (χ1v) is 11.3. The fourth-order valence-corrected chi connectivity index (χ4v) is 5.00. The molecule has 1 unspecified atom stereocenters. The van der Waals surface area contributed by atoms with Crippen LogP contribution >= 0.6 is 35.8 Å². The maximum absolute atomic E-state index is 12.9. The van der Waals surface area contributed by atoms with Crippen LogP contribution in [-0.4, -0.2) is 93.3 Å². The van der Waals surface area contributed by atoms with Crippen molar-refractivity contribution in [2.24, 2.45) is 5.92 Å². The molecule has 4 N–H and O–H groups in total. The van der Waals surface area contributed by atoms with Crippen LogP contribution in [0, 0.1) is 5.92 Å². The topological polar surface area (TPSA) is 102 Å². The Kier molecular flexibility index (Phi) is 10.8. The van der Waals surface area contributed by atoms with Gasteiger partial charge in [-0.1, -0.05) is 13.3 Å². The summed E-state index contributed by atoms with van der Waals surface area (Å²) in [4.78, 5) is 14.9. The molecular formula is C18H34Cl2N2O5S. The molecule has 2 rings (SSSR count). The van der Waals surface area contributed by atoms with Gasteiger partial charge in [0.25, 0.3) is 0 Å². The number of aliphatic hydroxyl groups excluding tert-OH is 3. The molecule has 9 atom stereocenters. The lowest BCUT2D eigenvalue weighted by Gasteiger charge is -2.44. The number of hydrogen-bond donors (Lipinski definition) is 4. The summed E-state index contributed by atoms with van der Waals surface area (Å²) in [5.74, 6) is 0.350. The standard InChI is InChI=1S/C18H33ClN2O5S.ClH/c1-5-6-10-7-11(21(3)8-10)17(25)20-12(9(2)19)16-14(23)13(22)15(24)18(26-16)27-4;/h9-16,18,22-24H,5-8H2,1-4H3,(H,20,25);1H/t9-,10+,11-,12-,13-,14+,15+,16?,18+;/m1./s1. The van der Waals surface area contributed by atoms with Crippen LogP contribution < -0.4 is 5.32 Å². The number of aliphatic hydroxyl groups is 3. The number of carbonyl (C=O) groups is 1. The highest BCUT2D eigenvalue weighted by molar-refractivity contribution is 7.99. The Hall–Kier alpha value is 0.200. The summed E-state index contributed by atoms with van der Waals surface area (Å²) in [5, 5.41) is 33.0. The van der Waals surface area contributed by atoms with Gasteiger partial charge in [-0.25, -0.2) is 0 Å². The molecule has 28 heavy (non-hydrogen) atoms. The first-order valence-electron chi connectivity index (χ1n) is 9.58. The van der Waals surface area contributed by atoms with Crippen LogP contribution in [-0.2, 0) is 9.53 Å². The number of thioether (sulfide) groups is 1. The van der Waals surface area contributed by atoms with E-state index in [9.17, 15) is 20.1 Å². The molecule has 2 aliphatic rings. The minimum Gasteiger partial charge on any atom is -0.388 e. The van der Waals surface area contributed by atoms with Gasteiger partial charge in [0.1, 0.15) is 29.9 Å². The zero-order chi connectivity index (χ0) is 20.3. The number of hydrogen-bond acceptors (Lipinski definition) is 7. The molecule has 2 saturated heterocycles. The second kappa shape index (κ2) is 11.6. The number of alkyl halides is 1. The third-order valence-corrected chi connectivity index (χ3v) is 6.76. The quantitative estimate of drug-likeness (QED) is 0.416. The monoisotopic (exact) mass is 460 g/mol. The van der Waals surface area contributed by atoms with Gasteiger partial charge in [0.2, 0.25) is 5.91 Å². The van der Waals surface area contributed by atoms with Crippen molar-refractivity contribution in [3.8, 4) is 0 Å². The normalized spacial score (nSPS) is 38.5. The van der Waals surface area contributed by atoms with Gasteiger partial charge >= 0.3 is 0 Å². The summed E-state index contributed by atoms with van der Waals surface area (Å²) >= 11 is 7.55. The molecule has 0 spiro atoms. The van der Waals surface area contributed by atoms with E-state index < -0.39 is 41.3 Å². The van der Waals surface area contributed by atoms with Crippen molar-refractivity contribution in [2.45, 2.75) is 80.4 Å². The molecule has 166 valence electrons. The zero-order valence-electron chi connectivity index (χ0n) is 16.8. The van der Waals surface area contributed by atoms with E-state index in [1.165, 1.54) is 11.8 Å². The van der Waals surface area contributed by atoms with Crippen LogP contribution in [0.5, 0.6) is 0 Å². The van der Waals surface area contributed by atoms with E-state index in [-0.39, 0.29) is 24.4 Å². The van der Waals surface area contributed by atoms with Gasteiger partial charge in [0, 0.05) is 6.54 Å². The van der Waals surface area contributed by atoms with E-state index in [0.717, 1.165) is 25.8 Å². The van der Waals surface area contributed by atoms with E-state index in [4.69, 9.17) is 16.3 Å². The maximum Gasteiger partial charge on any atom is 0.237 e. The van der Waals surface area contributed by atoms with Gasteiger partial charge in [0.05, 0.1) is 17.5 Å². The third kappa shape index (κ3) is 5.88. The van der Waals surface area contributed by atoms with Crippen LogP contribution in [0.25, 0.3) is 0 Å². The van der Waals surface area contributed by atoms with Crippen molar-refractivity contribution in [2.75, 3.05) is 19.8 Å². The molecule has 1 amide bonds. The molecular weight excluding hydrogens is 427 g/mol. The van der Waals surface area contributed by atoms with Crippen LogP contribution in [0.4, 0.5) is 0 Å². The van der Waals surface area contributed by atoms with Gasteiger partial charge in [-0.05, 0) is 39.0 Å². The number of amides is 1. The largest absolute Gasteiger partial charge is 0.388 e. The van der Waals surface area contributed by atoms with E-state index in [1.807, 2.05) is 11.9 Å². The molecule has 0 aromatic heterocycles. The Bertz CT molecular complexity index is 503. The van der Waals surface area contributed by atoms with Crippen LogP contribution in [0.2, 0.25) is 0 Å². The first-order chi connectivity index (χ1) is 12.7. The number of nitrogens with one attached hydrogen (secondary N) is 1. The second-order valence-electron chi connectivity index (χ2n) is 7.73. The van der Waals surface area contributed by atoms with Gasteiger partial charge in [-0.2, -0.15) is 0 Å². The highest BCUT2D eigenvalue weighted by Gasteiger charge is 2.48. The van der Waals surface area contributed by atoms with E-state index in [1.54, 1.807) is 13.2 Å². The van der Waals surface area contributed by atoms with Crippen molar-refractivity contribution in [1.82, 2.24) is 10.2 Å². The third-order valence-electron chi connectivity index (χ3n) is 5.63. The average Bonchev–Trinajstić information content (AvgIpc) is 2.99. The number of likely N-dealkylation sites (N-methyl/N-ethyl adjacent to an activating group) is 1. The lowest BCUT2D eigenvalue weighted by molar-refractivity contribution is -0.205. The Morgan fingerprint density at radius 1 is 1.32 bits per heavy atom. The minimum atomic E-state index is -1.36. The zero-order valence-corrected chi connectivity index (χ0v) is 19.2. The van der Waals surface area contributed by atoms with E-state index in [2.05, 4.69) is 12.2 Å². The SMILES string of the molecule is CCC[C@H]1C[C@H](C(=O)N[C@@H](C2O[C@@H](SC)[C@@H](O)[C@H](O)[C@@H]2O)[C@@H](C)Cl)N(C)C1.Cl. The van der Waals surface area contributed by atoms with Gasteiger partial charge in [-0.15, -0.1) is 35.8 Å². The van der Waals surface area contributed by atoms with Crippen LogP contribution in [0.15, 0.2) is 0 Å². The Morgan fingerprint density at radius 2 is 1.96 bits per heavy atom. The Balaban J connectivity index is 0.00000392. The summed E-state index contributed by atoms with van der Waals surface area (Å²) in [7, 11) is 1.94. The fourth-order valence-electron chi connectivity index (χ4n) is 4.11. The Labute approximate surface area is 182 Å². The lowest BCUT2D eigenvalue weighted by atomic mass is 9.92. The van der Waals surface area contributed by atoms with Gasteiger partial charge in [-0.3, -0.25) is 9.69 Å². The predicted octanol–water partition coefficient (Wildman–Crippen LogP) is 0.811. The average molecular weight is 461 g/mol. The summed E-state index contributed by atoms with van der Waals surface area (Å²) in [6.07, 6.45) is -0.0980. The Morgan fingerprint density at radius 3 is 2.50 bits per heavy atom. The maximum atomic E-state index is 12.9. The molecule has 2 heterocycles. The molecule has 0 aromatic rings. The highest BCUT2D eigenvalue weighted by Crippen LogP contribution is 2.31. The summed E-state index contributed by atoms with van der Waals surface area (Å²) in [6.45, 7) is 4.74. The summed E-state index contributed by atoms with van der Waals surface area (Å²) < 4.78 is 5.79. The molecule has 0 aliphatic carbocycles. The molecule has 0 radical (unpaired) electrons. The number of halogens is 2. The number of ether oxygens (including phenoxy) is 1. The summed E-state index contributed by atoms with van der Waals surface area (Å²) in [6, 6.07) is -0.934. The number of rotatable bonds is 7. The number of likely N-dealkylation sites (tertiary alicyclic amines) is 1. The molecule has 2 aliphatic heterocycles. The molecule has 0 bridgehead atoms. The van der Waals surface area contributed by atoms with Crippen molar-refractivity contribution in [3.05, 3.63) is 0 Å². The first kappa shape index (κ1) is 26.2. The number of nitrogens with zero attached hydrogens (tertiary/aromatic N) is 1. The van der Waals surface area contributed by atoms with E-state index >= 15 is 0 Å². The fraction of sp³-hybridized carbons (Fsp3) is 0.944. The molecule has 7 nitrogen and oxygen atoms in total. The van der Waals surface area contributed by atoms with Crippen molar-refractivity contribution in [1.29, 1.82) is 0 Å². The summed E-state index contributed by atoms with van der Waals surface area (Å²) in [5.41, 5.74) is -0.702. The smallest absolute Gasteiger partial charge is 0.237 e. The van der Waals surface area contributed by atoms with Crippen molar-refractivity contribution in [3.63, 3.8) is 0 Å². The van der Waals surface area contributed by atoms with E-state index in [0.29, 0.717) is 5.92 Å². The lowest BCUT2D eigenvalue weighted by Crippen LogP contribution is -2.65. The second-order valence-corrected chi connectivity index (χ2v) is 9.36. The number of carbonyl (C=O) groups excluding carboxylic acids is 1. The van der Waals surface area contributed by atoms with Gasteiger partial charge in [0.15, 0.2) is 0 Å². The van der Waals surface area contributed by atoms with Crippen LogP contribution in [0.3, 0.4) is 0 Å². The minimum absolute atomic E-state index is 0.